The Kier molecular flexibility index (Phi) is 5.29. The Morgan fingerprint density at radius 3 is 2.69 bits per heavy atom. The van der Waals surface area contributed by atoms with Crippen molar-refractivity contribution >= 4 is 22.8 Å². The lowest BCUT2D eigenvalue weighted by Gasteiger charge is -2.17. The maximum atomic E-state index is 12.8. The van der Waals surface area contributed by atoms with Crippen molar-refractivity contribution in [3.05, 3.63) is 52.6 Å². The van der Waals surface area contributed by atoms with Gasteiger partial charge in [-0.3, -0.25) is 14.6 Å². The van der Waals surface area contributed by atoms with Gasteiger partial charge in [0.2, 0.25) is 11.9 Å². The maximum Gasteiger partial charge on any atom is 0.263 e. The number of para-hydroxylation sites is 2. The molecule has 0 radical (unpaired) electrons. The number of anilines is 1. The van der Waals surface area contributed by atoms with E-state index < -0.39 is 0 Å². The number of amides is 1. The number of carbonyl (C=O) groups excluding carboxylic acids is 1. The highest BCUT2D eigenvalue weighted by Gasteiger charge is 2.20. The molecular formula is C22H25N7O3. The minimum absolute atomic E-state index is 0.152. The van der Waals surface area contributed by atoms with Crippen molar-refractivity contribution in [2.24, 2.45) is 5.41 Å². The van der Waals surface area contributed by atoms with Gasteiger partial charge in [-0.2, -0.15) is 19.9 Å². The van der Waals surface area contributed by atoms with Gasteiger partial charge < -0.3 is 10.1 Å². The van der Waals surface area contributed by atoms with E-state index in [9.17, 15) is 9.59 Å². The van der Waals surface area contributed by atoms with Crippen LogP contribution in [0.1, 0.15) is 32.9 Å². The monoisotopic (exact) mass is 435 g/mol. The highest BCUT2D eigenvalue weighted by molar-refractivity contribution is 5.90. The predicted molar refractivity (Wildman–Crippen MR) is 121 cm³/mol. The lowest BCUT2D eigenvalue weighted by Crippen LogP contribution is -2.22. The van der Waals surface area contributed by atoms with E-state index in [-0.39, 0.29) is 22.8 Å². The Bertz CT molecular complexity index is 1360. The highest BCUT2D eigenvalue weighted by atomic mass is 16.5. The number of ether oxygens (including phenoxy) is 1. The number of nitrogens with one attached hydrogen (secondary N) is 2. The third-order valence-corrected chi connectivity index (χ3v) is 4.73. The second-order valence-corrected chi connectivity index (χ2v) is 8.72. The summed E-state index contributed by atoms with van der Waals surface area (Å²) in [6.07, 6.45) is 1.79. The van der Waals surface area contributed by atoms with Crippen LogP contribution in [-0.4, -0.2) is 42.5 Å². The Balaban J connectivity index is 1.82. The minimum Gasteiger partial charge on any atom is -0.494 e. The lowest BCUT2D eigenvalue weighted by molar-refractivity contribution is -0.117. The molecule has 0 fully saturated rings. The molecule has 0 spiro atoms. The average Bonchev–Trinajstić information content (AvgIpc) is 3.30. The number of hydrogen-bond donors (Lipinski definition) is 2. The van der Waals surface area contributed by atoms with Gasteiger partial charge in [-0.25, -0.2) is 4.68 Å². The van der Waals surface area contributed by atoms with Gasteiger partial charge in [0.1, 0.15) is 22.6 Å². The maximum absolute atomic E-state index is 12.8. The second kappa shape index (κ2) is 7.95. The van der Waals surface area contributed by atoms with E-state index in [1.54, 1.807) is 30.8 Å². The summed E-state index contributed by atoms with van der Waals surface area (Å²) in [5.41, 5.74) is 1.11. The van der Waals surface area contributed by atoms with Crippen LogP contribution in [0.15, 0.2) is 41.3 Å². The largest absolute Gasteiger partial charge is 0.494 e. The quantitative estimate of drug-likeness (QED) is 0.497. The smallest absolute Gasteiger partial charge is 0.263 e. The number of aromatic nitrogens is 6. The topological polar surface area (TPSA) is 120 Å². The van der Waals surface area contributed by atoms with Crippen LogP contribution in [0.4, 0.5) is 5.82 Å². The third kappa shape index (κ3) is 4.11. The van der Waals surface area contributed by atoms with Crippen molar-refractivity contribution in [3.63, 3.8) is 0 Å². The Morgan fingerprint density at radius 1 is 1.22 bits per heavy atom. The van der Waals surface area contributed by atoms with Gasteiger partial charge in [0.25, 0.3) is 5.56 Å². The Morgan fingerprint density at radius 2 is 1.97 bits per heavy atom. The first-order chi connectivity index (χ1) is 15.2. The molecule has 0 aliphatic rings. The molecule has 10 nitrogen and oxygen atoms in total. The van der Waals surface area contributed by atoms with E-state index in [1.807, 2.05) is 39.0 Å². The van der Waals surface area contributed by atoms with Crippen molar-refractivity contribution in [3.8, 4) is 17.4 Å². The van der Waals surface area contributed by atoms with E-state index in [0.717, 1.165) is 0 Å². The zero-order valence-electron chi connectivity index (χ0n) is 18.6. The fourth-order valence-corrected chi connectivity index (χ4v) is 3.41. The summed E-state index contributed by atoms with van der Waals surface area (Å²) >= 11 is 0. The fraction of sp³-hybridized carbons (Fsp3) is 0.318. The Labute approximate surface area is 184 Å². The summed E-state index contributed by atoms with van der Waals surface area (Å²) in [5, 5.41) is 11.9. The van der Waals surface area contributed by atoms with Crippen LogP contribution >= 0.6 is 0 Å². The molecule has 10 heteroatoms. The fourth-order valence-electron chi connectivity index (χ4n) is 3.41. The molecule has 0 aliphatic heterocycles. The van der Waals surface area contributed by atoms with Gasteiger partial charge in [0, 0.05) is 12.5 Å². The van der Waals surface area contributed by atoms with Crippen LogP contribution in [0, 0.1) is 12.3 Å². The summed E-state index contributed by atoms with van der Waals surface area (Å²) in [7, 11) is 1.56. The van der Waals surface area contributed by atoms with E-state index in [0.29, 0.717) is 40.4 Å². The molecule has 0 bridgehead atoms. The van der Waals surface area contributed by atoms with Gasteiger partial charge in [-0.05, 0) is 24.5 Å². The summed E-state index contributed by atoms with van der Waals surface area (Å²) in [6, 6.07) is 9.04. The van der Waals surface area contributed by atoms with Crippen LogP contribution < -0.4 is 15.6 Å². The molecule has 0 saturated carbocycles. The number of aryl methyl sites for hydroxylation is 1. The molecule has 166 valence electrons. The molecular weight excluding hydrogens is 410 g/mol. The number of rotatable bonds is 5. The first-order valence-electron chi connectivity index (χ1n) is 10.1. The van der Waals surface area contributed by atoms with E-state index in [1.165, 1.54) is 10.9 Å². The van der Waals surface area contributed by atoms with Crippen molar-refractivity contribution in [2.45, 2.75) is 34.1 Å². The van der Waals surface area contributed by atoms with Crippen LogP contribution in [0.2, 0.25) is 0 Å². The van der Waals surface area contributed by atoms with Gasteiger partial charge in [-0.15, -0.1) is 0 Å². The molecule has 3 heterocycles. The predicted octanol–water partition coefficient (Wildman–Crippen LogP) is 2.99. The van der Waals surface area contributed by atoms with Crippen LogP contribution in [-0.2, 0) is 4.79 Å². The number of H-pyrrole nitrogens is 1. The van der Waals surface area contributed by atoms with E-state index >= 15 is 0 Å². The normalized spacial score (nSPS) is 11.7. The minimum atomic E-state index is -0.369. The molecule has 1 aromatic carbocycles. The first kappa shape index (κ1) is 21.3. The Hall–Kier alpha value is -3.95. The molecule has 0 unspecified atom stereocenters. The molecule has 0 atom stereocenters. The summed E-state index contributed by atoms with van der Waals surface area (Å²) in [5.74, 6) is 1.02. The van der Waals surface area contributed by atoms with Crippen molar-refractivity contribution in [1.82, 2.24) is 29.5 Å². The van der Waals surface area contributed by atoms with Crippen LogP contribution in [0.5, 0.6) is 5.75 Å². The molecule has 32 heavy (non-hydrogen) atoms. The first-order valence-corrected chi connectivity index (χ1v) is 10.1. The highest BCUT2D eigenvalue weighted by Crippen LogP contribution is 2.25. The molecule has 3 aromatic heterocycles. The summed E-state index contributed by atoms with van der Waals surface area (Å²) in [4.78, 5) is 32.6. The summed E-state index contributed by atoms with van der Waals surface area (Å²) < 4.78 is 8.39. The second-order valence-electron chi connectivity index (χ2n) is 8.72. The zero-order valence-corrected chi connectivity index (χ0v) is 18.6. The number of benzene rings is 1. The number of carbonyl (C=O) groups is 1. The van der Waals surface area contributed by atoms with Gasteiger partial charge in [-0.1, -0.05) is 32.9 Å². The SMILES string of the molecule is COc1ccccc1-n1ncc2c(=O)[nH]c(-n3nc(C)cc3NC(=O)CC(C)(C)C)nc21. The zero-order chi connectivity index (χ0) is 23.0. The van der Waals surface area contributed by atoms with Gasteiger partial charge in [0.15, 0.2) is 5.65 Å². The molecule has 0 aliphatic carbocycles. The molecule has 2 N–H and O–H groups in total. The summed E-state index contributed by atoms with van der Waals surface area (Å²) in [6.45, 7) is 7.76. The van der Waals surface area contributed by atoms with E-state index in [2.05, 4.69) is 25.5 Å². The standard InChI is InChI=1S/C22H25N7O3/c1-13-10-17(24-18(30)11-22(2,3)4)29(27-13)21-25-19-14(20(31)26-21)12-23-28(19)15-8-6-7-9-16(15)32-5/h6-10,12H,11H2,1-5H3,(H,24,30)(H,25,26,31). The van der Waals surface area contributed by atoms with Crippen LogP contribution in [0.3, 0.4) is 0 Å². The lowest BCUT2D eigenvalue weighted by atomic mass is 9.92. The van der Waals surface area contributed by atoms with Crippen molar-refractivity contribution < 1.29 is 9.53 Å². The van der Waals surface area contributed by atoms with E-state index in [4.69, 9.17) is 4.74 Å². The number of nitrogens with zero attached hydrogens (tertiary/aromatic N) is 5. The van der Waals surface area contributed by atoms with Gasteiger partial charge >= 0.3 is 0 Å². The van der Waals surface area contributed by atoms with Crippen molar-refractivity contribution in [2.75, 3.05) is 12.4 Å². The number of hydrogen-bond acceptors (Lipinski definition) is 6. The number of aromatic amines is 1. The van der Waals surface area contributed by atoms with Crippen molar-refractivity contribution in [1.29, 1.82) is 0 Å². The molecule has 0 saturated heterocycles. The van der Waals surface area contributed by atoms with Gasteiger partial charge in [0.05, 0.1) is 19.0 Å². The molecule has 1 amide bonds. The average molecular weight is 435 g/mol. The van der Waals surface area contributed by atoms with Crippen LogP contribution in [0.25, 0.3) is 22.7 Å². The molecule has 4 rings (SSSR count). The number of fused-ring (bicyclic) bond motifs is 1. The molecule has 4 aromatic rings. The third-order valence-electron chi connectivity index (χ3n) is 4.73. The number of methoxy groups -OCH3 is 1.